The van der Waals surface area contributed by atoms with Gasteiger partial charge in [-0.3, -0.25) is 14.4 Å². The van der Waals surface area contributed by atoms with E-state index in [0.717, 1.165) is 0 Å². The smallest absolute Gasteiger partial charge is 0.326 e. The van der Waals surface area contributed by atoms with E-state index in [1.807, 2.05) is 0 Å². The van der Waals surface area contributed by atoms with Gasteiger partial charge in [-0.15, -0.1) is 0 Å². The van der Waals surface area contributed by atoms with Gasteiger partial charge in [-0.05, 0) is 12.3 Å². The van der Waals surface area contributed by atoms with Crippen LogP contribution in [-0.4, -0.2) is 58.6 Å². The fraction of sp³-hybridized carbons (Fsp3) is 0.714. The molecule has 8 N–H and O–H groups in total. The van der Waals surface area contributed by atoms with Gasteiger partial charge in [-0.1, -0.05) is 20.3 Å². The van der Waals surface area contributed by atoms with Crippen LogP contribution in [0.25, 0.3) is 0 Å². The summed E-state index contributed by atoms with van der Waals surface area (Å²) in [4.78, 5) is 46.2. The topological polar surface area (TPSA) is 185 Å². The summed E-state index contributed by atoms with van der Waals surface area (Å²) >= 11 is 0. The maximum absolute atomic E-state index is 12.3. The second kappa shape index (κ2) is 10.6. The lowest BCUT2D eigenvalue weighted by molar-refractivity contribution is -0.144. The van der Waals surface area contributed by atoms with E-state index in [4.69, 9.17) is 16.6 Å². The lowest BCUT2D eigenvalue weighted by Crippen LogP contribution is -2.56. The van der Waals surface area contributed by atoms with Crippen LogP contribution in [0.3, 0.4) is 0 Å². The Morgan fingerprint density at radius 1 is 1.12 bits per heavy atom. The van der Waals surface area contributed by atoms with E-state index in [9.17, 15) is 24.3 Å². The number of carboxylic acid groups (broad SMARTS) is 1. The monoisotopic (exact) mass is 346 g/mol. The van der Waals surface area contributed by atoms with Crippen molar-refractivity contribution in [2.45, 2.75) is 51.2 Å². The van der Waals surface area contributed by atoms with Crippen LogP contribution in [-0.2, 0) is 19.2 Å². The van der Waals surface area contributed by atoms with Gasteiger partial charge >= 0.3 is 5.97 Å². The van der Waals surface area contributed by atoms with E-state index in [-0.39, 0.29) is 18.8 Å². The van der Waals surface area contributed by atoms with E-state index >= 15 is 0 Å². The Labute approximate surface area is 139 Å². The number of nitrogens with one attached hydrogen (secondary N) is 2. The number of aliphatic hydroxyl groups is 1. The third-order valence-corrected chi connectivity index (χ3v) is 3.62. The molecule has 0 radical (unpaired) electrons. The van der Waals surface area contributed by atoms with Gasteiger partial charge in [0, 0.05) is 6.42 Å². The van der Waals surface area contributed by atoms with Crippen molar-refractivity contribution in [1.29, 1.82) is 0 Å². The molecule has 0 aliphatic carbocycles. The lowest BCUT2D eigenvalue weighted by Gasteiger charge is -2.24. The molecule has 0 aromatic carbocycles. The Morgan fingerprint density at radius 2 is 1.71 bits per heavy atom. The third kappa shape index (κ3) is 7.38. The van der Waals surface area contributed by atoms with Gasteiger partial charge in [0.2, 0.25) is 17.7 Å². The quantitative estimate of drug-likeness (QED) is 0.242. The number of amides is 3. The molecule has 0 fully saturated rings. The van der Waals surface area contributed by atoms with Crippen molar-refractivity contribution in [3.05, 3.63) is 0 Å². The van der Waals surface area contributed by atoms with Gasteiger partial charge in [-0.2, -0.15) is 0 Å². The summed E-state index contributed by atoms with van der Waals surface area (Å²) in [5.41, 5.74) is 10.4. The van der Waals surface area contributed by atoms with Gasteiger partial charge < -0.3 is 32.3 Å². The SMILES string of the molecule is CC[C@H](C)[C@H](NC(=O)[C@H](CCC(N)=O)NC(=O)[C@@H](N)CO)C(=O)O. The Hall–Kier alpha value is -2.20. The summed E-state index contributed by atoms with van der Waals surface area (Å²) in [6.45, 7) is 2.82. The van der Waals surface area contributed by atoms with Crippen molar-refractivity contribution in [3.63, 3.8) is 0 Å². The van der Waals surface area contributed by atoms with Crippen molar-refractivity contribution in [1.82, 2.24) is 10.6 Å². The molecule has 10 nitrogen and oxygen atoms in total. The minimum absolute atomic E-state index is 0.113. The summed E-state index contributed by atoms with van der Waals surface area (Å²) in [5.74, 6) is -3.77. The first kappa shape index (κ1) is 21.8. The number of aliphatic carboxylic acids is 1. The number of primary amides is 1. The minimum Gasteiger partial charge on any atom is -0.480 e. The van der Waals surface area contributed by atoms with Crippen LogP contribution in [0.4, 0.5) is 0 Å². The van der Waals surface area contributed by atoms with Crippen molar-refractivity contribution in [2.24, 2.45) is 17.4 Å². The highest BCUT2D eigenvalue weighted by Gasteiger charge is 2.30. The molecule has 0 rings (SSSR count). The van der Waals surface area contributed by atoms with Crippen molar-refractivity contribution in [2.75, 3.05) is 6.61 Å². The van der Waals surface area contributed by atoms with E-state index < -0.39 is 48.4 Å². The van der Waals surface area contributed by atoms with Crippen molar-refractivity contribution in [3.8, 4) is 0 Å². The first-order valence-electron chi connectivity index (χ1n) is 7.62. The zero-order valence-electron chi connectivity index (χ0n) is 13.8. The lowest BCUT2D eigenvalue weighted by atomic mass is 9.98. The van der Waals surface area contributed by atoms with Crippen molar-refractivity contribution < 1.29 is 29.4 Å². The molecule has 0 bridgehead atoms. The number of carbonyl (C=O) groups excluding carboxylic acids is 3. The number of hydrogen-bond donors (Lipinski definition) is 6. The fourth-order valence-corrected chi connectivity index (χ4v) is 1.85. The molecule has 0 aromatic heterocycles. The van der Waals surface area contributed by atoms with E-state index in [2.05, 4.69) is 10.6 Å². The van der Waals surface area contributed by atoms with Crippen LogP contribution >= 0.6 is 0 Å². The van der Waals surface area contributed by atoms with Crippen LogP contribution in [0, 0.1) is 5.92 Å². The van der Waals surface area contributed by atoms with Crippen LogP contribution < -0.4 is 22.1 Å². The molecule has 0 spiro atoms. The van der Waals surface area contributed by atoms with Gasteiger partial charge in [0.05, 0.1) is 6.61 Å². The van der Waals surface area contributed by atoms with E-state index in [0.29, 0.717) is 6.42 Å². The molecular formula is C14H26N4O6. The Morgan fingerprint density at radius 3 is 2.12 bits per heavy atom. The molecule has 138 valence electrons. The van der Waals surface area contributed by atoms with Gasteiger partial charge in [0.25, 0.3) is 0 Å². The Bertz CT molecular complexity index is 470. The standard InChI is InChI=1S/C14H26N4O6/c1-3-7(2)11(14(23)24)18-13(22)9(4-5-10(16)20)17-12(21)8(15)6-19/h7-9,11,19H,3-6,15H2,1-2H3,(H2,16,20)(H,17,21)(H,18,22)(H,23,24)/t7-,8-,9-,11-/m0/s1. The van der Waals surface area contributed by atoms with E-state index in [1.165, 1.54) is 0 Å². The number of aliphatic hydroxyl groups excluding tert-OH is 1. The average Bonchev–Trinajstić information content (AvgIpc) is 2.53. The molecule has 0 aliphatic heterocycles. The molecule has 0 heterocycles. The Balaban J connectivity index is 5.09. The molecule has 0 saturated heterocycles. The zero-order chi connectivity index (χ0) is 18.9. The summed E-state index contributed by atoms with van der Waals surface area (Å²) in [7, 11) is 0. The molecule has 0 unspecified atom stereocenters. The van der Waals surface area contributed by atoms with Crippen LogP contribution in [0.15, 0.2) is 0 Å². The molecule has 24 heavy (non-hydrogen) atoms. The third-order valence-electron chi connectivity index (χ3n) is 3.62. The highest BCUT2D eigenvalue weighted by atomic mass is 16.4. The maximum Gasteiger partial charge on any atom is 0.326 e. The second-order valence-electron chi connectivity index (χ2n) is 5.57. The summed E-state index contributed by atoms with van der Waals surface area (Å²) in [5, 5.41) is 22.7. The highest BCUT2D eigenvalue weighted by Crippen LogP contribution is 2.09. The number of carbonyl (C=O) groups is 4. The highest BCUT2D eigenvalue weighted by molar-refractivity contribution is 5.92. The van der Waals surface area contributed by atoms with Gasteiger partial charge in [-0.25, -0.2) is 4.79 Å². The van der Waals surface area contributed by atoms with Crippen molar-refractivity contribution >= 4 is 23.7 Å². The Kier molecular flexibility index (Phi) is 9.58. The zero-order valence-corrected chi connectivity index (χ0v) is 13.8. The molecule has 4 atom stereocenters. The summed E-state index contributed by atoms with van der Waals surface area (Å²) < 4.78 is 0. The maximum atomic E-state index is 12.3. The van der Waals surface area contributed by atoms with Crippen LogP contribution in [0.2, 0.25) is 0 Å². The fourth-order valence-electron chi connectivity index (χ4n) is 1.85. The second-order valence-corrected chi connectivity index (χ2v) is 5.57. The largest absolute Gasteiger partial charge is 0.480 e. The molecule has 10 heteroatoms. The molecule has 3 amide bonds. The summed E-state index contributed by atoms with van der Waals surface area (Å²) in [6.07, 6.45) is 0.219. The number of hydrogen-bond acceptors (Lipinski definition) is 6. The summed E-state index contributed by atoms with van der Waals surface area (Å²) in [6, 6.07) is -3.56. The van der Waals surface area contributed by atoms with E-state index in [1.54, 1.807) is 13.8 Å². The number of carboxylic acids is 1. The number of rotatable bonds is 11. The normalized spacial score (nSPS) is 15.7. The van der Waals surface area contributed by atoms with Crippen LogP contribution in [0.5, 0.6) is 0 Å². The first-order valence-corrected chi connectivity index (χ1v) is 7.62. The molecular weight excluding hydrogens is 320 g/mol. The predicted octanol–water partition coefficient (Wildman–Crippen LogP) is -2.33. The average molecular weight is 346 g/mol. The minimum atomic E-state index is -1.24. The molecule has 0 aromatic rings. The number of nitrogens with two attached hydrogens (primary N) is 2. The van der Waals surface area contributed by atoms with Crippen LogP contribution in [0.1, 0.15) is 33.1 Å². The van der Waals surface area contributed by atoms with Gasteiger partial charge in [0.15, 0.2) is 0 Å². The van der Waals surface area contributed by atoms with Gasteiger partial charge in [0.1, 0.15) is 18.1 Å². The molecule has 0 aliphatic rings. The predicted molar refractivity (Wildman–Crippen MR) is 84.4 cm³/mol. The first-order chi connectivity index (χ1) is 11.1. The molecule has 0 saturated carbocycles.